The third-order valence-electron chi connectivity index (χ3n) is 3.28. The van der Waals surface area contributed by atoms with E-state index in [0.717, 1.165) is 16.0 Å². The van der Waals surface area contributed by atoms with Crippen LogP contribution in [0.2, 0.25) is 0 Å². The Morgan fingerprint density at radius 2 is 1.37 bits per heavy atom. The molecule has 0 amide bonds. The summed E-state index contributed by atoms with van der Waals surface area (Å²) in [5.74, 6) is 0. The molecule has 19 heavy (non-hydrogen) atoms. The zero-order chi connectivity index (χ0) is 13.2. The van der Waals surface area contributed by atoms with Gasteiger partial charge in [0.15, 0.2) is 0 Å². The Morgan fingerprint density at radius 1 is 0.737 bits per heavy atom. The highest BCUT2D eigenvalue weighted by molar-refractivity contribution is 7.84. The van der Waals surface area contributed by atoms with Crippen LogP contribution in [0.4, 0.5) is 0 Å². The van der Waals surface area contributed by atoms with Crippen molar-refractivity contribution >= 4 is 21.6 Å². The van der Waals surface area contributed by atoms with Gasteiger partial charge in [0, 0.05) is 11.2 Å². The van der Waals surface area contributed by atoms with E-state index < -0.39 is 10.8 Å². The van der Waals surface area contributed by atoms with E-state index in [2.05, 4.69) is 24.3 Å². The van der Waals surface area contributed by atoms with E-state index in [-0.39, 0.29) is 0 Å². The molecule has 0 aliphatic heterocycles. The van der Waals surface area contributed by atoms with E-state index in [1.165, 1.54) is 10.8 Å². The molecule has 0 saturated heterocycles. The molecular formula is C17H14OS. The Morgan fingerprint density at radius 3 is 2.21 bits per heavy atom. The van der Waals surface area contributed by atoms with Gasteiger partial charge in [-0.25, -0.2) is 0 Å². The van der Waals surface area contributed by atoms with E-state index in [4.69, 9.17) is 0 Å². The Kier molecular flexibility index (Phi) is 3.18. The van der Waals surface area contributed by atoms with Crippen LogP contribution in [0.1, 0.15) is 0 Å². The van der Waals surface area contributed by atoms with Gasteiger partial charge in [0.1, 0.15) is 0 Å². The Labute approximate surface area is 115 Å². The van der Waals surface area contributed by atoms with Crippen molar-refractivity contribution in [3.05, 3.63) is 66.7 Å². The molecule has 1 atom stereocenters. The fraction of sp³-hybridized carbons (Fsp3) is 0.0588. The van der Waals surface area contributed by atoms with Crippen LogP contribution in [0.25, 0.3) is 21.9 Å². The summed E-state index contributed by atoms with van der Waals surface area (Å²) in [6.07, 6.45) is 1.73. The number of hydrogen-bond donors (Lipinski definition) is 0. The number of hydrogen-bond acceptors (Lipinski definition) is 1. The Balaban J connectivity index is 2.34. The topological polar surface area (TPSA) is 17.1 Å². The van der Waals surface area contributed by atoms with Crippen molar-refractivity contribution in [1.82, 2.24) is 0 Å². The highest BCUT2D eigenvalue weighted by Gasteiger charge is 2.09. The summed E-state index contributed by atoms with van der Waals surface area (Å²) < 4.78 is 11.9. The first kappa shape index (κ1) is 12.1. The molecule has 3 aromatic carbocycles. The molecule has 0 bridgehead atoms. The average molecular weight is 266 g/mol. The molecule has 0 heterocycles. The average Bonchev–Trinajstić information content (AvgIpc) is 2.46. The molecule has 0 spiro atoms. The molecular weight excluding hydrogens is 252 g/mol. The maximum absolute atomic E-state index is 11.9. The molecule has 1 unspecified atom stereocenters. The third kappa shape index (κ3) is 2.20. The van der Waals surface area contributed by atoms with Gasteiger partial charge in [0.2, 0.25) is 0 Å². The summed E-state index contributed by atoms with van der Waals surface area (Å²) >= 11 is 0. The Bertz CT molecular complexity index is 757. The summed E-state index contributed by atoms with van der Waals surface area (Å²) in [6, 6.07) is 22.4. The molecule has 3 rings (SSSR count). The van der Waals surface area contributed by atoms with Gasteiger partial charge < -0.3 is 0 Å². The van der Waals surface area contributed by atoms with Crippen LogP contribution in [0, 0.1) is 0 Å². The number of benzene rings is 3. The van der Waals surface area contributed by atoms with Crippen molar-refractivity contribution in [2.75, 3.05) is 6.26 Å². The van der Waals surface area contributed by atoms with Crippen molar-refractivity contribution < 1.29 is 4.21 Å². The predicted molar refractivity (Wildman–Crippen MR) is 81.7 cm³/mol. The van der Waals surface area contributed by atoms with Crippen LogP contribution in [0.3, 0.4) is 0 Å². The minimum atomic E-state index is -0.984. The van der Waals surface area contributed by atoms with Crippen LogP contribution < -0.4 is 0 Å². The van der Waals surface area contributed by atoms with Crippen molar-refractivity contribution in [3.8, 4) is 11.1 Å². The van der Waals surface area contributed by atoms with Gasteiger partial charge in [-0.3, -0.25) is 4.21 Å². The lowest BCUT2D eigenvalue weighted by molar-refractivity contribution is 0.687. The molecule has 1 nitrogen and oxygen atoms in total. The SMILES string of the molecule is CS(=O)c1ccccc1-c1cccc2ccccc12. The molecule has 0 N–H and O–H groups in total. The van der Waals surface area contributed by atoms with Crippen molar-refractivity contribution in [2.24, 2.45) is 0 Å². The minimum Gasteiger partial charge on any atom is -0.255 e. The van der Waals surface area contributed by atoms with Gasteiger partial charge in [0.25, 0.3) is 0 Å². The monoisotopic (exact) mass is 266 g/mol. The van der Waals surface area contributed by atoms with Gasteiger partial charge in [-0.15, -0.1) is 0 Å². The lowest BCUT2D eigenvalue weighted by Crippen LogP contribution is -1.92. The smallest absolute Gasteiger partial charge is 0.0504 e. The molecule has 0 aliphatic carbocycles. The number of rotatable bonds is 2. The fourth-order valence-electron chi connectivity index (χ4n) is 2.40. The highest BCUT2D eigenvalue weighted by Crippen LogP contribution is 2.32. The van der Waals surface area contributed by atoms with Crippen LogP contribution in [0.15, 0.2) is 71.6 Å². The normalized spacial score (nSPS) is 12.5. The van der Waals surface area contributed by atoms with Gasteiger partial charge in [-0.2, -0.15) is 0 Å². The summed E-state index contributed by atoms with van der Waals surface area (Å²) in [5.41, 5.74) is 2.20. The second-order valence-electron chi connectivity index (χ2n) is 4.48. The first-order valence-electron chi connectivity index (χ1n) is 6.18. The zero-order valence-electron chi connectivity index (χ0n) is 10.7. The van der Waals surface area contributed by atoms with E-state index in [1.54, 1.807) is 6.26 Å². The lowest BCUT2D eigenvalue weighted by atomic mass is 9.98. The largest absolute Gasteiger partial charge is 0.255 e. The second kappa shape index (κ2) is 4.98. The zero-order valence-corrected chi connectivity index (χ0v) is 11.5. The van der Waals surface area contributed by atoms with E-state index in [0.29, 0.717) is 0 Å². The standard InChI is InChI=1S/C17H14OS/c1-19(18)17-12-5-4-10-16(17)15-11-6-8-13-7-2-3-9-14(13)15/h2-12H,1H3. The highest BCUT2D eigenvalue weighted by atomic mass is 32.2. The predicted octanol–water partition coefficient (Wildman–Crippen LogP) is 4.24. The molecule has 94 valence electrons. The van der Waals surface area contributed by atoms with Gasteiger partial charge in [0.05, 0.1) is 10.8 Å². The summed E-state index contributed by atoms with van der Waals surface area (Å²) in [5, 5.41) is 2.40. The first-order chi connectivity index (χ1) is 9.27. The van der Waals surface area contributed by atoms with Gasteiger partial charge in [-0.1, -0.05) is 60.7 Å². The minimum absolute atomic E-state index is 0.888. The summed E-state index contributed by atoms with van der Waals surface area (Å²) in [4.78, 5) is 0.888. The van der Waals surface area contributed by atoms with E-state index in [1.807, 2.05) is 42.5 Å². The first-order valence-corrected chi connectivity index (χ1v) is 7.74. The van der Waals surface area contributed by atoms with Crippen LogP contribution in [-0.2, 0) is 10.8 Å². The lowest BCUT2D eigenvalue weighted by Gasteiger charge is -2.10. The molecule has 3 aromatic rings. The van der Waals surface area contributed by atoms with Crippen LogP contribution in [-0.4, -0.2) is 10.5 Å². The second-order valence-corrected chi connectivity index (χ2v) is 5.83. The third-order valence-corrected chi connectivity index (χ3v) is 4.25. The van der Waals surface area contributed by atoms with E-state index in [9.17, 15) is 4.21 Å². The van der Waals surface area contributed by atoms with Crippen LogP contribution >= 0.6 is 0 Å². The quantitative estimate of drug-likeness (QED) is 0.678. The van der Waals surface area contributed by atoms with Gasteiger partial charge >= 0.3 is 0 Å². The number of fused-ring (bicyclic) bond motifs is 1. The van der Waals surface area contributed by atoms with E-state index >= 15 is 0 Å². The Hall–Kier alpha value is -1.93. The maximum atomic E-state index is 11.9. The molecule has 0 fully saturated rings. The summed E-state index contributed by atoms with van der Waals surface area (Å²) in [6.45, 7) is 0. The molecule has 2 heteroatoms. The van der Waals surface area contributed by atoms with Crippen molar-refractivity contribution in [3.63, 3.8) is 0 Å². The van der Waals surface area contributed by atoms with Gasteiger partial charge in [-0.05, 0) is 28.0 Å². The fourth-order valence-corrected chi connectivity index (χ4v) is 3.16. The van der Waals surface area contributed by atoms with Crippen molar-refractivity contribution in [1.29, 1.82) is 0 Å². The molecule has 0 radical (unpaired) electrons. The summed E-state index contributed by atoms with van der Waals surface area (Å²) in [7, 11) is -0.984. The maximum Gasteiger partial charge on any atom is 0.0504 e. The molecule has 0 aromatic heterocycles. The molecule has 0 aliphatic rings. The van der Waals surface area contributed by atoms with Crippen molar-refractivity contribution in [2.45, 2.75) is 4.90 Å². The molecule has 0 saturated carbocycles. The van der Waals surface area contributed by atoms with Crippen LogP contribution in [0.5, 0.6) is 0 Å².